The van der Waals surface area contributed by atoms with Crippen LogP contribution in [0.3, 0.4) is 0 Å². The van der Waals surface area contributed by atoms with E-state index in [-0.39, 0.29) is 19.1 Å². The largest absolute Gasteiger partial charge is 0.472 e. The molecule has 0 rings (SSSR count). The van der Waals surface area contributed by atoms with Gasteiger partial charge < -0.3 is 9.38 Å². The molecule has 0 aromatic heterocycles. The molecule has 0 aromatic carbocycles. The van der Waals surface area contributed by atoms with Gasteiger partial charge in [-0.3, -0.25) is 9.05 Å². The molecule has 0 saturated heterocycles. The molecule has 5 nitrogen and oxygen atoms in total. The fourth-order valence-corrected chi connectivity index (χ4v) is 5.50. The molecule has 1 N–H and O–H groups in total. The maximum atomic E-state index is 11.9. The van der Waals surface area contributed by atoms with Crippen LogP contribution in [0.4, 0.5) is 0 Å². The summed E-state index contributed by atoms with van der Waals surface area (Å²) in [6, 6.07) is 0. The molecule has 33 heavy (non-hydrogen) atoms. The third-order valence-corrected chi connectivity index (χ3v) is 8.20. The summed E-state index contributed by atoms with van der Waals surface area (Å²) in [7, 11) is 2.13. The van der Waals surface area contributed by atoms with E-state index in [9.17, 15) is 9.46 Å². The molecule has 0 heterocycles. The molecule has 0 aromatic rings. The number of quaternary nitrogens is 1. The lowest BCUT2D eigenvalue weighted by molar-refractivity contribution is -0.870. The lowest BCUT2D eigenvalue weighted by atomic mass is 10.0. The third kappa shape index (κ3) is 26.9. The Bertz CT molecular complexity index is 474. The topological polar surface area (TPSA) is 55.8 Å². The summed E-state index contributed by atoms with van der Waals surface area (Å²) in [6.45, 7) is 5.50. The summed E-state index contributed by atoms with van der Waals surface area (Å²) in [4.78, 5) is 9.78. The molecular formula is C26H57NO4PS+. The van der Waals surface area contributed by atoms with Crippen LogP contribution in [0.1, 0.15) is 110 Å². The van der Waals surface area contributed by atoms with Crippen molar-refractivity contribution in [1.82, 2.24) is 0 Å². The van der Waals surface area contributed by atoms with E-state index in [4.69, 9.17) is 9.05 Å². The van der Waals surface area contributed by atoms with Crippen LogP contribution in [-0.2, 0) is 13.6 Å². The molecule has 0 radical (unpaired) electrons. The number of thioether (sulfide) groups is 1. The van der Waals surface area contributed by atoms with Crippen molar-refractivity contribution < 1.29 is 23.0 Å². The zero-order valence-corrected chi connectivity index (χ0v) is 24.4. The van der Waals surface area contributed by atoms with E-state index in [0.29, 0.717) is 11.0 Å². The molecule has 0 amide bonds. The lowest BCUT2D eigenvalue weighted by Crippen LogP contribution is -2.37. The number of phosphoric ester groups is 1. The molecule has 0 aliphatic rings. The molecular weight excluding hydrogens is 453 g/mol. The van der Waals surface area contributed by atoms with E-state index in [0.717, 1.165) is 5.75 Å². The Hall–Kier alpha value is 0.420. The quantitative estimate of drug-likeness (QED) is 0.0764. The highest BCUT2D eigenvalue weighted by Gasteiger charge is 2.23. The average Bonchev–Trinajstić information content (AvgIpc) is 2.73. The van der Waals surface area contributed by atoms with Crippen LogP contribution in [-0.4, -0.2) is 61.8 Å². The van der Waals surface area contributed by atoms with Crippen LogP contribution in [0.2, 0.25) is 0 Å². The summed E-state index contributed by atoms with van der Waals surface area (Å²) < 4.78 is 22.8. The van der Waals surface area contributed by atoms with Crippen molar-refractivity contribution in [1.29, 1.82) is 0 Å². The van der Waals surface area contributed by atoms with Crippen LogP contribution in [0.15, 0.2) is 0 Å². The normalized spacial score (nSPS) is 15.0. The zero-order valence-electron chi connectivity index (χ0n) is 22.7. The zero-order chi connectivity index (χ0) is 24.8. The van der Waals surface area contributed by atoms with Gasteiger partial charge in [-0.15, -0.1) is 0 Å². The molecule has 0 aliphatic heterocycles. The van der Waals surface area contributed by atoms with Gasteiger partial charge in [0.05, 0.1) is 27.7 Å². The predicted octanol–water partition coefficient (Wildman–Crippen LogP) is 8.07. The molecule has 0 aliphatic carbocycles. The Morgan fingerprint density at radius 3 is 1.70 bits per heavy atom. The molecule has 0 spiro atoms. The SMILES string of the molecule is CCCCCCCCCCCCCCCCCSCC(C)COP(=O)(O)OCC[N+](C)(C)C. The number of nitrogens with zero attached hydrogens (tertiary/aromatic N) is 1. The Labute approximate surface area is 211 Å². The minimum Gasteiger partial charge on any atom is -0.329 e. The summed E-state index contributed by atoms with van der Waals surface area (Å²) in [5.41, 5.74) is 0. The molecule has 2 atom stereocenters. The smallest absolute Gasteiger partial charge is 0.329 e. The monoisotopic (exact) mass is 510 g/mol. The van der Waals surface area contributed by atoms with E-state index in [1.165, 1.54) is 102 Å². The highest BCUT2D eigenvalue weighted by atomic mass is 32.2. The van der Waals surface area contributed by atoms with Gasteiger partial charge in [-0.25, -0.2) is 4.57 Å². The summed E-state index contributed by atoms with van der Waals surface area (Å²) >= 11 is 1.92. The Balaban J connectivity index is 3.38. The second-order valence-electron chi connectivity index (χ2n) is 10.7. The van der Waals surface area contributed by atoms with Crippen LogP contribution < -0.4 is 0 Å². The minimum atomic E-state index is -3.93. The van der Waals surface area contributed by atoms with Gasteiger partial charge in [-0.1, -0.05) is 104 Å². The summed E-state index contributed by atoms with van der Waals surface area (Å²) in [5.74, 6) is 2.37. The van der Waals surface area contributed by atoms with E-state index in [1.807, 2.05) is 32.9 Å². The highest BCUT2D eigenvalue weighted by Crippen LogP contribution is 2.43. The standard InChI is InChI=1S/C26H56NO4PS/c1-6-7-8-9-10-11-12-13-14-15-16-17-18-19-20-23-33-25-26(2)24-31-32(28,29)30-22-21-27(3,4)5/h26H,6-25H2,1-5H3/p+1. The number of hydrogen-bond donors (Lipinski definition) is 1. The molecule has 0 bridgehead atoms. The molecule has 0 saturated carbocycles. The minimum absolute atomic E-state index is 0.222. The van der Waals surface area contributed by atoms with Gasteiger partial charge in [0, 0.05) is 0 Å². The van der Waals surface area contributed by atoms with Gasteiger partial charge in [-0.05, 0) is 23.8 Å². The van der Waals surface area contributed by atoms with Gasteiger partial charge in [-0.2, -0.15) is 11.8 Å². The first-order valence-electron chi connectivity index (χ1n) is 13.7. The number of rotatable bonds is 25. The van der Waals surface area contributed by atoms with Crippen LogP contribution >= 0.6 is 19.6 Å². The molecule has 7 heteroatoms. The first-order chi connectivity index (χ1) is 15.7. The van der Waals surface area contributed by atoms with Crippen molar-refractivity contribution in [2.75, 3.05) is 52.4 Å². The maximum Gasteiger partial charge on any atom is 0.472 e. The summed E-state index contributed by atoms with van der Waals surface area (Å²) in [6.07, 6.45) is 20.9. The molecule has 2 unspecified atom stereocenters. The van der Waals surface area contributed by atoms with Crippen LogP contribution in [0.25, 0.3) is 0 Å². The van der Waals surface area contributed by atoms with Crippen molar-refractivity contribution in [3.05, 3.63) is 0 Å². The Morgan fingerprint density at radius 2 is 1.24 bits per heavy atom. The average molecular weight is 511 g/mol. The van der Waals surface area contributed by atoms with Gasteiger partial charge in [0.15, 0.2) is 0 Å². The first kappa shape index (κ1) is 33.4. The Morgan fingerprint density at radius 1 is 0.788 bits per heavy atom. The van der Waals surface area contributed by atoms with Gasteiger partial charge in [0.1, 0.15) is 13.2 Å². The second-order valence-corrected chi connectivity index (χ2v) is 13.3. The van der Waals surface area contributed by atoms with Crippen LogP contribution in [0.5, 0.6) is 0 Å². The van der Waals surface area contributed by atoms with E-state index < -0.39 is 7.82 Å². The van der Waals surface area contributed by atoms with E-state index in [2.05, 4.69) is 13.8 Å². The lowest BCUT2D eigenvalue weighted by Gasteiger charge is -2.24. The molecule has 0 fully saturated rings. The van der Waals surface area contributed by atoms with Crippen molar-refractivity contribution in [3.8, 4) is 0 Å². The maximum absolute atomic E-state index is 11.9. The number of phosphoric acid groups is 1. The van der Waals surface area contributed by atoms with Crippen molar-refractivity contribution in [3.63, 3.8) is 0 Å². The molecule has 200 valence electrons. The van der Waals surface area contributed by atoms with E-state index in [1.54, 1.807) is 0 Å². The van der Waals surface area contributed by atoms with Crippen molar-refractivity contribution >= 4 is 19.6 Å². The van der Waals surface area contributed by atoms with Crippen molar-refractivity contribution in [2.45, 2.75) is 110 Å². The number of hydrogen-bond acceptors (Lipinski definition) is 4. The third-order valence-electron chi connectivity index (χ3n) is 5.83. The number of unbranched alkanes of at least 4 members (excludes halogenated alkanes) is 14. The van der Waals surface area contributed by atoms with Gasteiger partial charge >= 0.3 is 7.82 Å². The van der Waals surface area contributed by atoms with Crippen LogP contribution in [0, 0.1) is 5.92 Å². The highest BCUT2D eigenvalue weighted by molar-refractivity contribution is 7.99. The van der Waals surface area contributed by atoms with Gasteiger partial charge in [0.2, 0.25) is 0 Å². The summed E-state index contributed by atoms with van der Waals surface area (Å²) in [5, 5.41) is 0. The fourth-order valence-electron chi connectivity index (χ4n) is 3.60. The van der Waals surface area contributed by atoms with Crippen molar-refractivity contribution in [2.24, 2.45) is 5.92 Å². The first-order valence-corrected chi connectivity index (χ1v) is 16.3. The predicted molar refractivity (Wildman–Crippen MR) is 146 cm³/mol. The fraction of sp³-hybridized carbons (Fsp3) is 1.00. The van der Waals surface area contributed by atoms with Gasteiger partial charge in [0.25, 0.3) is 0 Å². The van der Waals surface area contributed by atoms with E-state index >= 15 is 0 Å². The number of likely N-dealkylation sites (N-methyl/N-ethyl adjacent to an activating group) is 1. The Kier molecular flexibility index (Phi) is 22.0. The second kappa shape index (κ2) is 21.7.